The lowest BCUT2D eigenvalue weighted by Crippen LogP contribution is -2.63. The van der Waals surface area contributed by atoms with Crippen LogP contribution in [0.15, 0.2) is 54.9 Å². The molecule has 1 fully saturated rings. The third-order valence-corrected chi connectivity index (χ3v) is 6.20. The second-order valence-electron chi connectivity index (χ2n) is 8.67. The van der Waals surface area contributed by atoms with Crippen molar-refractivity contribution in [3.8, 4) is 11.3 Å². The Morgan fingerprint density at radius 3 is 2.29 bits per heavy atom. The van der Waals surface area contributed by atoms with Gasteiger partial charge < -0.3 is 15.4 Å². The normalized spacial score (nSPS) is 17.9. The first-order valence-electron chi connectivity index (χ1n) is 9.98. The summed E-state index contributed by atoms with van der Waals surface area (Å²) >= 11 is 0. The standard InChI is InChI=1S/C24H29N3O/c1-16(2)18-6-8-20(9-7-18)24(28,23(4)14-26-15-23)21-11-19(12-25-13-21)22-10-5-17(3)27-22/h5-13,16,26-28H,14-15H2,1-4H3/t24-/m0/s1. The fourth-order valence-corrected chi connectivity index (χ4v) is 4.19. The van der Waals surface area contributed by atoms with Gasteiger partial charge >= 0.3 is 0 Å². The number of aryl methyl sites for hydroxylation is 1. The van der Waals surface area contributed by atoms with E-state index in [2.05, 4.69) is 78.5 Å². The van der Waals surface area contributed by atoms with E-state index in [1.54, 1.807) is 6.20 Å². The van der Waals surface area contributed by atoms with Crippen LogP contribution in [0.25, 0.3) is 11.3 Å². The molecule has 4 nitrogen and oxygen atoms in total. The molecule has 0 saturated carbocycles. The molecule has 3 aromatic rings. The number of hydrogen-bond acceptors (Lipinski definition) is 3. The lowest BCUT2D eigenvalue weighted by Gasteiger charge is -2.52. The van der Waals surface area contributed by atoms with Gasteiger partial charge in [-0.15, -0.1) is 0 Å². The highest BCUT2D eigenvalue weighted by atomic mass is 16.3. The molecule has 0 unspecified atom stereocenters. The number of pyridine rings is 1. The number of H-pyrrole nitrogens is 1. The molecular weight excluding hydrogens is 346 g/mol. The summed E-state index contributed by atoms with van der Waals surface area (Å²) in [7, 11) is 0. The number of benzene rings is 1. The largest absolute Gasteiger partial charge is 0.380 e. The fourth-order valence-electron chi connectivity index (χ4n) is 4.19. The Labute approximate surface area is 167 Å². The minimum atomic E-state index is -1.11. The Kier molecular flexibility index (Phi) is 4.64. The maximum absolute atomic E-state index is 12.1. The molecule has 0 amide bonds. The minimum Gasteiger partial charge on any atom is -0.380 e. The molecule has 146 valence electrons. The van der Waals surface area contributed by atoms with Crippen molar-refractivity contribution in [3.05, 3.63) is 77.2 Å². The van der Waals surface area contributed by atoms with Crippen LogP contribution in [0.4, 0.5) is 0 Å². The summed E-state index contributed by atoms with van der Waals surface area (Å²) in [6.07, 6.45) is 3.65. The number of hydrogen-bond donors (Lipinski definition) is 3. The van der Waals surface area contributed by atoms with Crippen LogP contribution in [0.2, 0.25) is 0 Å². The molecule has 3 N–H and O–H groups in total. The van der Waals surface area contributed by atoms with Gasteiger partial charge in [0, 0.05) is 53.4 Å². The van der Waals surface area contributed by atoms with Crippen molar-refractivity contribution < 1.29 is 5.11 Å². The van der Waals surface area contributed by atoms with Gasteiger partial charge in [-0.2, -0.15) is 0 Å². The van der Waals surface area contributed by atoms with Crippen LogP contribution in [0.1, 0.15) is 49.1 Å². The molecular formula is C24H29N3O. The Morgan fingerprint density at radius 1 is 1.04 bits per heavy atom. The van der Waals surface area contributed by atoms with Gasteiger partial charge in [0.2, 0.25) is 0 Å². The molecule has 4 rings (SSSR count). The lowest BCUT2D eigenvalue weighted by molar-refractivity contribution is -0.0769. The van der Waals surface area contributed by atoms with Crippen LogP contribution in [0, 0.1) is 12.3 Å². The highest BCUT2D eigenvalue weighted by Gasteiger charge is 2.53. The van der Waals surface area contributed by atoms with Gasteiger partial charge in [0.1, 0.15) is 5.60 Å². The quantitative estimate of drug-likeness (QED) is 0.621. The topological polar surface area (TPSA) is 60.9 Å². The molecule has 1 aliphatic heterocycles. The van der Waals surface area contributed by atoms with E-state index in [0.29, 0.717) is 5.92 Å². The highest BCUT2D eigenvalue weighted by molar-refractivity contribution is 5.61. The molecule has 4 heteroatoms. The summed E-state index contributed by atoms with van der Waals surface area (Å²) < 4.78 is 0. The summed E-state index contributed by atoms with van der Waals surface area (Å²) in [5.41, 5.74) is 4.73. The Hall–Kier alpha value is -2.43. The van der Waals surface area contributed by atoms with Crippen molar-refractivity contribution in [2.45, 2.75) is 39.2 Å². The molecule has 2 aromatic heterocycles. The van der Waals surface area contributed by atoms with Crippen LogP contribution in [-0.4, -0.2) is 28.2 Å². The number of aliphatic hydroxyl groups is 1. The number of nitrogens with zero attached hydrogens (tertiary/aromatic N) is 1. The highest BCUT2D eigenvalue weighted by Crippen LogP contribution is 2.48. The van der Waals surface area contributed by atoms with E-state index in [4.69, 9.17) is 0 Å². The first-order valence-corrected chi connectivity index (χ1v) is 9.98. The fraction of sp³-hybridized carbons (Fsp3) is 0.375. The zero-order valence-electron chi connectivity index (χ0n) is 17.1. The van der Waals surface area contributed by atoms with E-state index in [0.717, 1.165) is 41.2 Å². The van der Waals surface area contributed by atoms with Crippen molar-refractivity contribution in [3.63, 3.8) is 0 Å². The molecule has 1 aliphatic rings. The van der Waals surface area contributed by atoms with Crippen LogP contribution in [0.3, 0.4) is 0 Å². The van der Waals surface area contributed by atoms with Crippen molar-refractivity contribution in [2.75, 3.05) is 13.1 Å². The lowest BCUT2D eigenvalue weighted by atomic mass is 9.63. The zero-order chi connectivity index (χ0) is 19.9. The summed E-state index contributed by atoms with van der Waals surface area (Å²) in [5.74, 6) is 0.462. The van der Waals surface area contributed by atoms with Gasteiger partial charge in [-0.1, -0.05) is 45.0 Å². The Morgan fingerprint density at radius 2 is 1.75 bits per heavy atom. The Bertz CT molecular complexity index is 970. The molecule has 0 bridgehead atoms. The number of rotatable bonds is 5. The van der Waals surface area contributed by atoms with Gasteiger partial charge in [-0.25, -0.2) is 0 Å². The molecule has 0 aliphatic carbocycles. The van der Waals surface area contributed by atoms with E-state index in [9.17, 15) is 5.11 Å². The van der Waals surface area contributed by atoms with Crippen LogP contribution in [0.5, 0.6) is 0 Å². The molecule has 1 saturated heterocycles. The van der Waals surface area contributed by atoms with Gasteiger partial charge in [0.25, 0.3) is 0 Å². The number of aromatic nitrogens is 2. The van der Waals surface area contributed by atoms with Crippen molar-refractivity contribution in [1.82, 2.24) is 15.3 Å². The van der Waals surface area contributed by atoms with Crippen LogP contribution in [-0.2, 0) is 5.60 Å². The first kappa shape index (κ1) is 18.9. The maximum Gasteiger partial charge on any atom is 0.124 e. The average molecular weight is 376 g/mol. The summed E-state index contributed by atoms with van der Waals surface area (Å²) in [6, 6.07) is 14.6. The third kappa shape index (κ3) is 2.97. The second-order valence-corrected chi connectivity index (χ2v) is 8.67. The second kappa shape index (κ2) is 6.87. The molecule has 1 atom stereocenters. The van der Waals surface area contributed by atoms with Crippen LogP contribution < -0.4 is 5.32 Å². The summed E-state index contributed by atoms with van der Waals surface area (Å²) in [5, 5.41) is 15.5. The molecule has 0 radical (unpaired) electrons. The van der Waals surface area contributed by atoms with E-state index in [1.807, 2.05) is 13.1 Å². The molecule has 1 aromatic carbocycles. The van der Waals surface area contributed by atoms with E-state index in [-0.39, 0.29) is 5.41 Å². The van der Waals surface area contributed by atoms with Crippen LogP contribution >= 0.6 is 0 Å². The smallest absolute Gasteiger partial charge is 0.124 e. The zero-order valence-corrected chi connectivity index (χ0v) is 17.1. The van der Waals surface area contributed by atoms with Gasteiger partial charge in [0.15, 0.2) is 0 Å². The molecule has 3 heterocycles. The van der Waals surface area contributed by atoms with Crippen molar-refractivity contribution in [2.24, 2.45) is 5.41 Å². The summed E-state index contributed by atoms with van der Waals surface area (Å²) in [6.45, 7) is 10.1. The van der Waals surface area contributed by atoms with Gasteiger partial charge in [0.05, 0.1) is 0 Å². The van der Waals surface area contributed by atoms with Gasteiger partial charge in [-0.05, 0) is 42.2 Å². The van der Waals surface area contributed by atoms with Crippen molar-refractivity contribution in [1.29, 1.82) is 0 Å². The monoisotopic (exact) mass is 375 g/mol. The number of aromatic amines is 1. The van der Waals surface area contributed by atoms with Gasteiger partial charge in [-0.3, -0.25) is 4.98 Å². The predicted octanol–water partition coefficient (Wildman–Crippen LogP) is 4.35. The summed E-state index contributed by atoms with van der Waals surface area (Å²) in [4.78, 5) is 7.84. The van der Waals surface area contributed by atoms with Crippen molar-refractivity contribution >= 4 is 0 Å². The first-order chi connectivity index (χ1) is 13.3. The maximum atomic E-state index is 12.1. The molecule has 28 heavy (non-hydrogen) atoms. The van der Waals surface area contributed by atoms with E-state index >= 15 is 0 Å². The minimum absolute atomic E-state index is 0.293. The predicted molar refractivity (Wildman–Crippen MR) is 113 cm³/mol. The Balaban J connectivity index is 1.83. The van der Waals surface area contributed by atoms with E-state index < -0.39 is 5.60 Å². The third-order valence-electron chi connectivity index (χ3n) is 6.20. The SMILES string of the molecule is Cc1ccc(-c2cncc([C@@](O)(c3ccc(C(C)C)cc3)C3(C)CNC3)c2)[nH]1. The number of nitrogens with one attached hydrogen (secondary N) is 2. The van der Waals surface area contributed by atoms with E-state index in [1.165, 1.54) is 5.56 Å². The molecule has 0 spiro atoms. The average Bonchev–Trinajstić information content (AvgIpc) is 3.12.